The summed E-state index contributed by atoms with van der Waals surface area (Å²) in [5.41, 5.74) is 1.75. The van der Waals surface area contributed by atoms with Crippen molar-refractivity contribution in [2.24, 2.45) is 0 Å². The minimum Gasteiger partial charge on any atom is -0.394 e. The first kappa shape index (κ1) is 23.3. The SMILES string of the molecule is O=C(CO)N[C@H]1C[C@@H](n2cnc3c(N[C@H](CO)Cc4ccccc4)nc(Cl)nc32)[C@H](O)[C@@H]1O. The zero-order valence-corrected chi connectivity index (χ0v) is 18.3. The van der Waals surface area contributed by atoms with E-state index < -0.39 is 36.8 Å². The fourth-order valence-corrected chi connectivity index (χ4v) is 4.33. The van der Waals surface area contributed by atoms with Crippen molar-refractivity contribution < 1.29 is 25.2 Å². The number of halogens is 1. The number of carbonyl (C=O) groups excluding carboxylic acids is 1. The molecule has 1 aromatic carbocycles. The normalized spacial score (nSPS) is 23.5. The summed E-state index contributed by atoms with van der Waals surface area (Å²) in [4.78, 5) is 24.4. The van der Waals surface area contributed by atoms with Crippen LogP contribution in [0.2, 0.25) is 5.28 Å². The van der Waals surface area contributed by atoms with Gasteiger partial charge in [0.2, 0.25) is 11.2 Å². The zero-order valence-electron chi connectivity index (χ0n) is 17.5. The molecule has 1 amide bonds. The molecule has 0 spiro atoms. The fourth-order valence-electron chi connectivity index (χ4n) is 4.17. The lowest BCUT2D eigenvalue weighted by Gasteiger charge is -2.19. The van der Waals surface area contributed by atoms with Crippen molar-refractivity contribution in [1.29, 1.82) is 0 Å². The first-order chi connectivity index (χ1) is 15.9. The average molecular weight is 477 g/mol. The van der Waals surface area contributed by atoms with Gasteiger partial charge in [0.1, 0.15) is 18.8 Å². The quantitative estimate of drug-likeness (QED) is 0.238. The maximum atomic E-state index is 11.5. The number of nitrogens with one attached hydrogen (secondary N) is 2. The highest BCUT2D eigenvalue weighted by atomic mass is 35.5. The van der Waals surface area contributed by atoms with Gasteiger partial charge in [-0.05, 0) is 30.0 Å². The minimum absolute atomic E-state index is 0.0543. The summed E-state index contributed by atoms with van der Waals surface area (Å²) in [5, 5.41) is 45.4. The molecule has 0 radical (unpaired) electrons. The van der Waals surface area contributed by atoms with Gasteiger partial charge in [-0.3, -0.25) is 4.79 Å². The summed E-state index contributed by atoms with van der Waals surface area (Å²) in [6.07, 6.45) is -0.247. The number of hydrogen-bond donors (Lipinski definition) is 6. The van der Waals surface area contributed by atoms with Crippen LogP contribution in [0.3, 0.4) is 0 Å². The summed E-state index contributed by atoms with van der Waals surface area (Å²) in [6, 6.07) is 7.92. The summed E-state index contributed by atoms with van der Waals surface area (Å²) < 4.78 is 1.58. The van der Waals surface area contributed by atoms with E-state index in [1.54, 1.807) is 4.57 Å². The van der Waals surface area contributed by atoms with E-state index in [1.807, 2.05) is 30.3 Å². The van der Waals surface area contributed by atoms with Crippen LogP contribution in [-0.2, 0) is 11.2 Å². The first-order valence-electron chi connectivity index (χ1n) is 10.5. The number of hydrogen-bond acceptors (Lipinski definition) is 9. The molecule has 0 bridgehead atoms. The van der Waals surface area contributed by atoms with Crippen LogP contribution in [0, 0.1) is 0 Å². The second kappa shape index (κ2) is 9.98. The molecule has 176 valence electrons. The van der Waals surface area contributed by atoms with E-state index in [1.165, 1.54) is 6.33 Å². The van der Waals surface area contributed by atoms with Gasteiger partial charge in [-0.25, -0.2) is 4.98 Å². The number of anilines is 1. The first-order valence-corrected chi connectivity index (χ1v) is 10.9. The van der Waals surface area contributed by atoms with Crippen LogP contribution >= 0.6 is 11.6 Å². The number of benzene rings is 1. The number of rotatable bonds is 8. The van der Waals surface area contributed by atoms with Crippen LogP contribution in [0.15, 0.2) is 36.7 Å². The predicted octanol–water partition coefficient (Wildman–Crippen LogP) is -0.361. The molecule has 33 heavy (non-hydrogen) atoms. The number of carbonyl (C=O) groups is 1. The van der Waals surface area contributed by atoms with E-state index >= 15 is 0 Å². The lowest BCUT2D eigenvalue weighted by molar-refractivity contribution is -0.125. The zero-order chi connectivity index (χ0) is 23.5. The van der Waals surface area contributed by atoms with Crippen molar-refractivity contribution in [3.63, 3.8) is 0 Å². The van der Waals surface area contributed by atoms with Crippen molar-refractivity contribution in [2.45, 2.75) is 43.2 Å². The Hall–Kier alpha value is -2.83. The standard InChI is InChI=1S/C21H25ClN6O5/c22-21-26-19(24-12(8-29)6-11-4-2-1-3-5-11)16-20(27-21)28(10-23-16)14-7-13(17(32)18(14)33)25-15(31)9-30/h1-5,10,12-14,17-18,29-30,32-33H,6-9H2,(H,25,31)(H,24,26,27)/t12-,13-,14+,17+,18-/m0/s1. The number of nitrogens with zero attached hydrogens (tertiary/aromatic N) is 4. The summed E-state index contributed by atoms with van der Waals surface area (Å²) in [5.74, 6) is -0.315. The van der Waals surface area contributed by atoms with Crippen LogP contribution < -0.4 is 10.6 Å². The van der Waals surface area contributed by atoms with E-state index in [0.29, 0.717) is 23.4 Å². The van der Waals surface area contributed by atoms with Gasteiger partial charge in [0.05, 0.1) is 31.1 Å². The molecule has 6 N–H and O–H groups in total. The summed E-state index contributed by atoms with van der Waals surface area (Å²) >= 11 is 6.17. The molecule has 0 saturated heterocycles. The number of amides is 1. The maximum absolute atomic E-state index is 11.5. The van der Waals surface area contributed by atoms with E-state index in [0.717, 1.165) is 5.56 Å². The molecule has 1 fully saturated rings. The second-order valence-electron chi connectivity index (χ2n) is 8.00. The highest BCUT2D eigenvalue weighted by Crippen LogP contribution is 2.34. The van der Waals surface area contributed by atoms with Gasteiger partial charge in [0, 0.05) is 0 Å². The van der Waals surface area contributed by atoms with E-state index in [-0.39, 0.29) is 24.4 Å². The highest BCUT2D eigenvalue weighted by molar-refractivity contribution is 6.28. The number of fused-ring (bicyclic) bond motifs is 1. The van der Waals surface area contributed by atoms with Gasteiger partial charge in [-0.2, -0.15) is 9.97 Å². The van der Waals surface area contributed by atoms with Gasteiger partial charge in [0.25, 0.3) is 0 Å². The van der Waals surface area contributed by atoms with Crippen LogP contribution in [0.1, 0.15) is 18.0 Å². The number of aliphatic hydroxyl groups is 4. The van der Waals surface area contributed by atoms with Gasteiger partial charge < -0.3 is 35.6 Å². The molecule has 2 aromatic heterocycles. The summed E-state index contributed by atoms with van der Waals surface area (Å²) in [7, 11) is 0. The molecule has 1 aliphatic rings. The molecule has 11 nitrogen and oxygen atoms in total. The fraction of sp³-hybridized carbons (Fsp3) is 0.429. The Morgan fingerprint density at radius 2 is 1.94 bits per heavy atom. The van der Waals surface area contributed by atoms with Gasteiger partial charge in [-0.15, -0.1) is 0 Å². The minimum atomic E-state index is -1.23. The predicted molar refractivity (Wildman–Crippen MR) is 120 cm³/mol. The number of aliphatic hydroxyl groups excluding tert-OH is 4. The third-order valence-electron chi connectivity index (χ3n) is 5.78. The van der Waals surface area contributed by atoms with Crippen molar-refractivity contribution >= 4 is 34.5 Å². The molecule has 2 heterocycles. The van der Waals surface area contributed by atoms with Gasteiger partial charge in [0.15, 0.2) is 17.0 Å². The Kier molecular flexibility index (Phi) is 7.05. The Balaban J connectivity index is 1.60. The molecular weight excluding hydrogens is 452 g/mol. The Morgan fingerprint density at radius 1 is 1.18 bits per heavy atom. The van der Waals surface area contributed by atoms with Crippen molar-refractivity contribution in [1.82, 2.24) is 24.8 Å². The van der Waals surface area contributed by atoms with Gasteiger partial charge in [-0.1, -0.05) is 30.3 Å². The number of aromatic nitrogens is 4. The smallest absolute Gasteiger partial charge is 0.246 e. The maximum Gasteiger partial charge on any atom is 0.246 e. The average Bonchev–Trinajstić information content (AvgIpc) is 3.35. The lowest BCUT2D eigenvalue weighted by atomic mass is 10.1. The Bertz CT molecular complexity index is 1110. The van der Waals surface area contributed by atoms with Crippen molar-refractivity contribution in [2.75, 3.05) is 18.5 Å². The van der Waals surface area contributed by atoms with Crippen molar-refractivity contribution in [3.8, 4) is 0 Å². The molecule has 3 aromatic rings. The van der Waals surface area contributed by atoms with Crippen molar-refractivity contribution in [3.05, 3.63) is 47.5 Å². The lowest BCUT2D eigenvalue weighted by Crippen LogP contribution is -2.44. The second-order valence-corrected chi connectivity index (χ2v) is 8.33. The monoisotopic (exact) mass is 476 g/mol. The Labute approximate surface area is 194 Å². The van der Waals surface area contributed by atoms with Gasteiger partial charge >= 0.3 is 0 Å². The van der Waals surface area contributed by atoms with Crippen LogP contribution in [0.5, 0.6) is 0 Å². The molecule has 5 atom stereocenters. The van der Waals surface area contributed by atoms with Crippen LogP contribution in [0.25, 0.3) is 11.2 Å². The molecule has 12 heteroatoms. The Morgan fingerprint density at radius 3 is 2.64 bits per heavy atom. The van der Waals surface area contributed by atoms with E-state index in [2.05, 4.69) is 25.6 Å². The number of imidazole rings is 1. The molecule has 1 aliphatic carbocycles. The van der Waals surface area contributed by atoms with Crippen LogP contribution in [0.4, 0.5) is 5.82 Å². The van der Waals surface area contributed by atoms with Crippen LogP contribution in [-0.4, -0.2) is 83.4 Å². The topological polar surface area (TPSA) is 166 Å². The summed E-state index contributed by atoms with van der Waals surface area (Å²) in [6.45, 7) is -0.872. The molecular formula is C21H25ClN6O5. The molecule has 0 unspecified atom stereocenters. The van der Waals surface area contributed by atoms with E-state index in [4.69, 9.17) is 16.7 Å². The highest BCUT2D eigenvalue weighted by Gasteiger charge is 2.43. The third kappa shape index (κ3) is 4.92. The largest absolute Gasteiger partial charge is 0.394 e. The molecule has 4 rings (SSSR count). The molecule has 1 saturated carbocycles. The third-order valence-corrected chi connectivity index (χ3v) is 5.95. The van der Waals surface area contributed by atoms with E-state index in [9.17, 15) is 20.1 Å². The molecule has 0 aliphatic heterocycles.